The molecule has 0 aliphatic carbocycles. The van der Waals surface area contributed by atoms with Gasteiger partial charge in [0, 0.05) is 0 Å². The molecule has 1 heteroatoms. The third kappa shape index (κ3) is 22.7. The molecule has 0 N–H and O–H groups in total. The third-order valence-corrected chi connectivity index (χ3v) is 20.1. The molecule has 0 fully saturated rings. The standard InChI is InChI=1S/C32H68Ge/c1-5-9-13-15-17-19-21-23-25-27-31-33(29-11-7-3,30-12-8-4)32-28-26-24-22-20-18-16-14-10-6-2/h5-32H2,1-4H3. The molecular formula is C32H68Ge. The number of hydrogen-bond acceptors (Lipinski definition) is 0. The predicted octanol–water partition coefficient (Wildman–Crippen LogP) is 12.9. The molecule has 0 bridgehead atoms. The van der Waals surface area contributed by atoms with E-state index in [4.69, 9.17) is 0 Å². The van der Waals surface area contributed by atoms with Crippen molar-refractivity contribution in [3.05, 3.63) is 0 Å². The molecule has 0 spiro atoms. The van der Waals surface area contributed by atoms with Gasteiger partial charge in [0.2, 0.25) is 0 Å². The summed E-state index contributed by atoms with van der Waals surface area (Å²) < 4.78 is 0. The van der Waals surface area contributed by atoms with Gasteiger partial charge in [0.25, 0.3) is 0 Å². The van der Waals surface area contributed by atoms with E-state index < -0.39 is 13.3 Å². The molecule has 0 amide bonds. The zero-order valence-corrected chi connectivity index (χ0v) is 26.4. The fourth-order valence-corrected chi connectivity index (χ4v) is 17.8. The van der Waals surface area contributed by atoms with Gasteiger partial charge in [-0.25, -0.2) is 0 Å². The fraction of sp³-hybridized carbons (Fsp3) is 1.00. The third-order valence-electron chi connectivity index (χ3n) is 8.24. The van der Waals surface area contributed by atoms with E-state index in [1.54, 1.807) is 46.7 Å². The Balaban J connectivity index is 4.15. The van der Waals surface area contributed by atoms with Gasteiger partial charge < -0.3 is 0 Å². The van der Waals surface area contributed by atoms with E-state index in [-0.39, 0.29) is 0 Å². The van der Waals surface area contributed by atoms with E-state index in [0.29, 0.717) is 0 Å². The monoisotopic (exact) mass is 526 g/mol. The number of hydrogen-bond donors (Lipinski definition) is 0. The quantitative estimate of drug-likeness (QED) is 0.0704. The van der Waals surface area contributed by atoms with Gasteiger partial charge in [-0.05, 0) is 0 Å². The molecule has 0 atom stereocenters. The van der Waals surface area contributed by atoms with Crippen molar-refractivity contribution < 1.29 is 0 Å². The van der Waals surface area contributed by atoms with Crippen LogP contribution in [0.4, 0.5) is 0 Å². The van der Waals surface area contributed by atoms with Crippen LogP contribution in [0.5, 0.6) is 0 Å². The summed E-state index contributed by atoms with van der Waals surface area (Å²) in [4.78, 5) is 0. The molecule has 200 valence electrons. The van der Waals surface area contributed by atoms with Crippen LogP contribution in [0.1, 0.15) is 182 Å². The van der Waals surface area contributed by atoms with Crippen molar-refractivity contribution in [1.82, 2.24) is 0 Å². The molecule has 0 heterocycles. The normalized spacial score (nSPS) is 12.0. The summed E-state index contributed by atoms with van der Waals surface area (Å²) >= 11 is -1.61. The van der Waals surface area contributed by atoms with Crippen LogP contribution in [0, 0.1) is 0 Å². The van der Waals surface area contributed by atoms with Crippen molar-refractivity contribution in [2.45, 2.75) is 203 Å². The van der Waals surface area contributed by atoms with E-state index in [2.05, 4.69) is 27.7 Å². The van der Waals surface area contributed by atoms with Crippen molar-refractivity contribution in [1.29, 1.82) is 0 Å². The molecule has 0 rings (SSSR count). The summed E-state index contributed by atoms with van der Waals surface area (Å²) in [7, 11) is 0. The molecule has 0 radical (unpaired) electrons. The molecule has 0 aromatic carbocycles. The van der Waals surface area contributed by atoms with Crippen molar-refractivity contribution in [3.63, 3.8) is 0 Å². The first-order chi connectivity index (χ1) is 16.2. The Hall–Kier alpha value is 0.543. The Morgan fingerprint density at radius 3 is 0.727 bits per heavy atom. The second-order valence-corrected chi connectivity index (χ2v) is 22.1. The summed E-state index contributed by atoms with van der Waals surface area (Å²) in [5, 5.41) is 6.83. The fourth-order valence-electron chi connectivity index (χ4n) is 5.83. The van der Waals surface area contributed by atoms with Gasteiger partial charge in [-0.2, -0.15) is 0 Å². The zero-order chi connectivity index (χ0) is 24.3. The van der Waals surface area contributed by atoms with Gasteiger partial charge in [-0.15, -0.1) is 0 Å². The van der Waals surface area contributed by atoms with Crippen LogP contribution in [0.25, 0.3) is 0 Å². The molecule has 0 nitrogen and oxygen atoms in total. The summed E-state index contributed by atoms with van der Waals surface area (Å²) in [6.45, 7) is 9.49. The number of unbranched alkanes of at least 4 members (excludes halogenated alkanes) is 20. The first-order valence-corrected chi connectivity index (χ1v) is 22.2. The Bertz CT molecular complexity index is 316. The summed E-state index contributed by atoms with van der Waals surface area (Å²) in [6.07, 6.45) is 35.8. The maximum atomic E-state index is 2.42. The predicted molar refractivity (Wildman–Crippen MR) is 158 cm³/mol. The van der Waals surface area contributed by atoms with Gasteiger partial charge in [0.05, 0.1) is 0 Å². The van der Waals surface area contributed by atoms with Crippen molar-refractivity contribution in [2.75, 3.05) is 0 Å². The van der Waals surface area contributed by atoms with Crippen LogP contribution in [0.3, 0.4) is 0 Å². The van der Waals surface area contributed by atoms with Gasteiger partial charge in [0.1, 0.15) is 0 Å². The average Bonchev–Trinajstić information content (AvgIpc) is 2.83. The van der Waals surface area contributed by atoms with Crippen LogP contribution in [-0.2, 0) is 0 Å². The van der Waals surface area contributed by atoms with E-state index >= 15 is 0 Å². The molecule has 0 aliphatic heterocycles. The zero-order valence-electron chi connectivity index (χ0n) is 24.3. The van der Waals surface area contributed by atoms with E-state index in [9.17, 15) is 0 Å². The van der Waals surface area contributed by atoms with Gasteiger partial charge in [0.15, 0.2) is 0 Å². The van der Waals surface area contributed by atoms with Crippen LogP contribution >= 0.6 is 0 Å². The Labute approximate surface area is 215 Å². The molecule has 0 saturated heterocycles. The van der Waals surface area contributed by atoms with Crippen LogP contribution in [0.15, 0.2) is 0 Å². The second-order valence-electron chi connectivity index (χ2n) is 11.6. The summed E-state index contributed by atoms with van der Waals surface area (Å²) in [6, 6.07) is 0. The molecule has 33 heavy (non-hydrogen) atoms. The van der Waals surface area contributed by atoms with E-state index in [0.717, 1.165) is 0 Å². The summed E-state index contributed by atoms with van der Waals surface area (Å²) in [5.41, 5.74) is 0. The molecular weight excluding hydrogens is 457 g/mol. The average molecular weight is 526 g/mol. The SMILES string of the molecule is CCCCCCCCCCC[CH2][Ge]([CH2]CCC)([CH2]CCC)[CH2]CCCCCCCCCCC. The Kier molecular flexibility index (Phi) is 27.6. The van der Waals surface area contributed by atoms with Crippen molar-refractivity contribution >= 4 is 13.3 Å². The maximum absolute atomic E-state index is 2.42. The van der Waals surface area contributed by atoms with Gasteiger partial charge in [-0.3, -0.25) is 0 Å². The second kappa shape index (κ2) is 27.1. The Morgan fingerprint density at radius 2 is 0.455 bits per heavy atom. The number of rotatable bonds is 28. The molecule has 0 aromatic rings. The molecule has 0 aliphatic rings. The molecule has 0 aromatic heterocycles. The Morgan fingerprint density at radius 1 is 0.242 bits per heavy atom. The molecule has 0 saturated carbocycles. The topological polar surface area (TPSA) is 0 Å². The van der Waals surface area contributed by atoms with Crippen LogP contribution in [-0.4, -0.2) is 13.3 Å². The van der Waals surface area contributed by atoms with Crippen LogP contribution < -0.4 is 0 Å². The first-order valence-electron chi connectivity index (χ1n) is 16.2. The van der Waals surface area contributed by atoms with E-state index in [1.165, 1.54) is 128 Å². The first kappa shape index (κ1) is 33.5. The summed E-state index contributed by atoms with van der Waals surface area (Å²) in [5.74, 6) is 0. The minimum absolute atomic E-state index is 1.38. The van der Waals surface area contributed by atoms with Crippen molar-refractivity contribution in [2.24, 2.45) is 0 Å². The van der Waals surface area contributed by atoms with Gasteiger partial charge in [-0.1, -0.05) is 0 Å². The van der Waals surface area contributed by atoms with E-state index in [1.807, 2.05) is 0 Å². The minimum atomic E-state index is -1.61. The van der Waals surface area contributed by atoms with Crippen LogP contribution in [0.2, 0.25) is 21.0 Å². The van der Waals surface area contributed by atoms with Gasteiger partial charge >= 0.3 is 216 Å². The molecule has 0 unspecified atom stereocenters. The van der Waals surface area contributed by atoms with Crippen molar-refractivity contribution in [3.8, 4) is 0 Å².